The molecule has 2 nitrogen and oxygen atoms in total. The molecule has 4 heteroatoms. The summed E-state index contributed by atoms with van der Waals surface area (Å²) >= 11 is 7.55. The topological polar surface area (TPSA) is 17.8 Å². The Kier molecular flexibility index (Phi) is 4.31. The van der Waals surface area contributed by atoms with Crippen LogP contribution in [0.15, 0.2) is 47.6 Å². The van der Waals surface area contributed by atoms with E-state index >= 15 is 0 Å². The minimum absolute atomic E-state index is 0.534. The van der Waals surface area contributed by atoms with Gasteiger partial charge in [0.05, 0.1) is 18.6 Å². The average molecular weight is 253 g/mol. The fourth-order valence-electron chi connectivity index (χ4n) is 1.37. The van der Waals surface area contributed by atoms with Gasteiger partial charge in [-0.25, -0.2) is 0 Å². The average Bonchev–Trinajstić information content (AvgIpc) is 2.78. The lowest BCUT2D eigenvalue weighted by atomic mass is 10.4. The van der Waals surface area contributed by atoms with Gasteiger partial charge in [0.15, 0.2) is 0 Å². The molecule has 2 aromatic rings. The molecule has 0 radical (unpaired) electrons. The number of aromatic nitrogens is 2. The van der Waals surface area contributed by atoms with Crippen LogP contribution in [0.3, 0.4) is 0 Å². The van der Waals surface area contributed by atoms with Gasteiger partial charge in [-0.2, -0.15) is 5.10 Å². The van der Waals surface area contributed by atoms with Gasteiger partial charge in [0.2, 0.25) is 0 Å². The van der Waals surface area contributed by atoms with Crippen molar-refractivity contribution in [3.05, 3.63) is 48.3 Å². The molecule has 2 rings (SSSR count). The van der Waals surface area contributed by atoms with Crippen LogP contribution < -0.4 is 0 Å². The monoisotopic (exact) mass is 252 g/mol. The molecule has 0 aliphatic carbocycles. The van der Waals surface area contributed by atoms with E-state index in [0.717, 1.165) is 17.9 Å². The fraction of sp³-hybridized carbons (Fsp3) is 0.250. The van der Waals surface area contributed by atoms with Gasteiger partial charge in [-0.3, -0.25) is 4.68 Å². The zero-order chi connectivity index (χ0) is 11.2. The van der Waals surface area contributed by atoms with E-state index in [-0.39, 0.29) is 0 Å². The van der Waals surface area contributed by atoms with Crippen LogP contribution in [0.25, 0.3) is 0 Å². The highest BCUT2D eigenvalue weighted by Crippen LogP contribution is 2.17. The number of nitrogens with zero attached hydrogens (tertiary/aromatic N) is 2. The Hall–Kier alpha value is -0.930. The number of halogens is 1. The third-order valence-corrected chi connectivity index (χ3v) is 3.47. The minimum atomic E-state index is 0.534. The van der Waals surface area contributed by atoms with Crippen LogP contribution in [0.4, 0.5) is 0 Å². The van der Waals surface area contributed by atoms with Crippen LogP contribution >= 0.6 is 23.4 Å². The molecule has 0 bridgehead atoms. The molecule has 0 unspecified atom stereocenters. The highest BCUT2D eigenvalue weighted by atomic mass is 35.5. The molecule has 1 aromatic carbocycles. The molecule has 0 aliphatic rings. The highest BCUT2D eigenvalue weighted by molar-refractivity contribution is 7.99. The van der Waals surface area contributed by atoms with Gasteiger partial charge in [-0.1, -0.05) is 18.2 Å². The van der Waals surface area contributed by atoms with Crippen LogP contribution in [0.5, 0.6) is 0 Å². The second-order valence-corrected chi connectivity index (χ2v) is 4.84. The van der Waals surface area contributed by atoms with Gasteiger partial charge in [0.25, 0.3) is 0 Å². The molecule has 0 saturated heterocycles. The van der Waals surface area contributed by atoms with Gasteiger partial charge < -0.3 is 0 Å². The maximum absolute atomic E-state index is 5.71. The maximum atomic E-state index is 5.71. The highest BCUT2D eigenvalue weighted by Gasteiger charge is 1.97. The Morgan fingerprint density at radius 1 is 1.25 bits per heavy atom. The fourth-order valence-corrected chi connectivity index (χ4v) is 2.37. The van der Waals surface area contributed by atoms with Crippen molar-refractivity contribution in [1.29, 1.82) is 0 Å². The van der Waals surface area contributed by atoms with Crippen molar-refractivity contribution < 1.29 is 0 Å². The van der Waals surface area contributed by atoms with Gasteiger partial charge in [-0.15, -0.1) is 23.4 Å². The number of rotatable bonds is 5. The molecule has 0 N–H and O–H groups in total. The predicted octanol–water partition coefficient (Wildman–Crippen LogP) is 3.41. The molecule has 1 aromatic heterocycles. The van der Waals surface area contributed by atoms with Crippen molar-refractivity contribution in [2.75, 3.05) is 5.75 Å². The number of benzene rings is 1. The number of thioether (sulfide) groups is 1. The van der Waals surface area contributed by atoms with Crippen molar-refractivity contribution in [3.8, 4) is 0 Å². The molecule has 0 atom stereocenters. The summed E-state index contributed by atoms with van der Waals surface area (Å²) in [5, 5.41) is 4.24. The summed E-state index contributed by atoms with van der Waals surface area (Å²) in [6.07, 6.45) is 3.82. The SMILES string of the molecule is ClCc1cnn(CCSc2ccccc2)c1. The first kappa shape index (κ1) is 11.6. The first-order valence-electron chi connectivity index (χ1n) is 5.13. The Morgan fingerprint density at radius 2 is 2.06 bits per heavy atom. The van der Waals surface area contributed by atoms with Gasteiger partial charge in [-0.05, 0) is 12.1 Å². The number of alkyl halides is 1. The lowest BCUT2D eigenvalue weighted by Gasteiger charge is -2.01. The summed E-state index contributed by atoms with van der Waals surface area (Å²) in [7, 11) is 0. The van der Waals surface area contributed by atoms with E-state index in [0.29, 0.717) is 5.88 Å². The second-order valence-electron chi connectivity index (χ2n) is 3.41. The molecule has 0 saturated carbocycles. The third-order valence-electron chi connectivity index (χ3n) is 2.17. The van der Waals surface area contributed by atoms with E-state index < -0.39 is 0 Å². The van der Waals surface area contributed by atoms with Crippen molar-refractivity contribution in [1.82, 2.24) is 9.78 Å². The zero-order valence-corrected chi connectivity index (χ0v) is 10.4. The first-order valence-corrected chi connectivity index (χ1v) is 6.65. The Morgan fingerprint density at radius 3 is 2.75 bits per heavy atom. The minimum Gasteiger partial charge on any atom is -0.272 e. The lowest BCUT2D eigenvalue weighted by molar-refractivity contribution is 0.666. The van der Waals surface area contributed by atoms with Crippen molar-refractivity contribution in [2.45, 2.75) is 17.3 Å². The summed E-state index contributed by atoms with van der Waals surface area (Å²) in [6, 6.07) is 10.4. The first-order chi connectivity index (χ1) is 7.88. The molecule has 0 amide bonds. The van der Waals surface area contributed by atoms with Crippen molar-refractivity contribution in [3.63, 3.8) is 0 Å². The molecule has 0 aliphatic heterocycles. The zero-order valence-electron chi connectivity index (χ0n) is 8.84. The lowest BCUT2D eigenvalue weighted by Crippen LogP contribution is -2.00. The predicted molar refractivity (Wildman–Crippen MR) is 69.0 cm³/mol. The molecule has 0 spiro atoms. The van der Waals surface area contributed by atoms with Gasteiger partial charge in [0.1, 0.15) is 0 Å². The molecule has 16 heavy (non-hydrogen) atoms. The number of aryl methyl sites for hydroxylation is 1. The standard InChI is InChI=1S/C12H13ClN2S/c13-8-11-9-14-15(10-11)6-7-16-12-4-2-1-3-5-12/h1-5,9-10H,6-8H2. The largest absolute Gasteiger partial charge is 0.272 e. The Bertz CT molecular complexity index is 428. The van der Waals surface area contributed by atoms with E-state index in [1.165, 1.54) is 4.90 Å². The van der Waals surface area contributed by atoms with Crippen molar-refractivity contribution in [2.24, 2.45) is 0 Å². The second kappa shape index (κ2) is 5.97. The van der Waals surface area contributed by atoms with Crippen LogP contribution in [-0.2, 0) is 12.4 Å². The molecular formula is C12H13ClN2S. The third kappa shape index (κ3) is 3.29. The number of hydrogen-bond donors (Lipinski definition) is 0. The smallest absolute Gasteiger partial charge is 0.0533 e. The van der Waals surface area contributed by atoms with E-state index in [1.54, 1.807) is 0 Å². The maximum Gasteiger partial charge on any atom is 0.0533 e. The van der Waals surface area contributed by atoms with Crippen LogP contribution in [0.2, 0.25) is 0 Å². The summed E-state index contributed by atoms with van der Waals surface area (Å²) in [5.74, 6) is 1.55. The van der Waals surface area contributed by atoms with E-state index in [4.69, 9.17) is 11.6 Å². The molecule has 1 heterocycles. The molecular weight excluding hydrogens is 240 g/mol. The van der Waals surface area contributed by atoms with Crippen LogP contribution in [0.1, 0.15) is 5.56 Å². The van der Waals surface area contributed by atoms with Gasteiger partial charge >= 0.3 is 0 Å². The number of hydrogen-bond acceptors (Lipinski definition) is 2. The van der Waals surface area contributed by atoms with Crippen LogP contribution in [-0.4, -0.2) is 15.5 Å². The molecule has 84 valence electrons. The van der Waals surface area contributed by atoms with E-state index in [1.807, 2.05) is 34.9 Å². The van der Waals surface area contributed by atoms with E-state index in [2.05, 4.69) is 29.4 Å². The summed E-state index contributed by atoms with van der Waals surface area (Å²) in [5.41, 5.74) is 1.08. The van der Waals surface area contributed by atoms with Gasteiger partial charge in [0, 0.05) is 22.4 Å². The Balaban J connectivity index is 1.80. The van der Waals surface area contributed by atoms with E-state index in [9.17, 15) is 0 Å². The van der Waals surface area contributed by atoms with Crippen molar-refractivity contribution >= 4 is 23.4 Å². The Labute approximate surface area is 105 Å². The summed E-state index contributed by atoms with van der Waals surface area (Å²) in [4.78, 5) is 1.30. The molecule has 0 fully saturated rings. The normalized spacial score (nSPS) is 10.6. The summed E-state index contributed by atoms with van der Waals surface area (Å²) in [6.45, 7) is 0.913. The summed E-state index contributed by atoms with van der Waals surface area (Å²) < 4.78 is 1.94. The van der Waals surface area contributed by atoms with Crippen LogP contribution in [0, 0.1) is 0 Å². The quantitative estimate of drug-likeness (QED) is 0.600.